The molecule has 0 bridgehead atoms. The Morgan fingerprint density at radius 2 is 1.88 bits per heavy atom. The van der Waals surface area contributed by atoms with Gasteiger partial charge in [-0.05, 0) is 49.9 Å². The Morgan fingerprint density at radius 3 is 2.55 bits per heavy atom. The minimum atomic E-state index is -4.41. The lowest BCUT2D eigenvalue weighted by Crippen LogP contribution is -2.58. The van der Waals surface area contributed by atoms with E-state index in [-0.39, 0.29) is 28.0 Å². The first-order valence-corrected chi connectivity index (χ1v) is 15.3. The largest absolute Gasteiger partial charge is 0.353 e. The number of halogens is 3. The van der Waals surface area contributed by atoms with Crippen molar-refractivity contribution in [2.75, 3.05) is 29.3 Å². The van der Waals surface area contributed by atoms with Crippen LogP contribution in [-0.2, 0) is 21.0 Å². The van der Waals surface area contributed by atoms with Crippen LogP contribution >= 0.6 is 0 Å². The smallest absolute Gasteiger partial charge is 0.263 e. The second-order valence-electron chi connectivity index (χ2n) is 10.3. The molecule has 1 spiro atoms. The van der Waals surface area contributed by atoms with Crippen molar-refractivity contribution < 1.29 is 25.8 Å². The number of hydrogen-bond acceptors (Lipinski definition) is 6. The Labute approximate surface area is 232 Å². The zero-order chi connectivity index (χ0) is 28.4. The first-order valence-electron chi connectivity index (χ1n) is 12.6. The summed E-state index contributed by atoms with van der Waals surface area (Å²) in [4.78, 5) is 7.35. The number of piperazine rings is 1. The molecule has 208 valence electrons. The van der Waals surface area contributed by atoms with Crippen molar-refractivity contribution in [2.45, 2.75) is 41.4 Å². The topological polar surface area (TPSA) is 111 Å². The van der Waals surface area contributed by atoms with E-state index in [0.717, 1.165) is 31.2 Å². The predicted molar refractivity (Wildman–Crippen MR) is 145 cm³/mol. The van der Waals surface area contributed by atoms with Crippen LogP contribution in [0.2, 0.25) is 0 Å². The van der Waals surface area contributed by atoms with Crippen molar-refractivity contribution in [1.82, 2.24) is 13.9 Å². The number of amidine groups is 1. The molecule has 3 fully saturated rings. The van der Waals surface area contributed by atoms with E-state index in [9.17, 15) is 17.0 Å². The van der Waals surface area contributed by atoms with Crippen molar-refractivity contribution in [1.29, 1.82) is 5.41 Å². The van der Waals surface area contributed by atoms with Crippen LogP contribution in [0.3, 0.4) is 0 Å². The highest BCUT2D eigenvalue weighted by Gasteiger charge is 2.53. The van der Waals surface area contributed by atoms with Gasteiger partial charge in [0, 0.05) is 32.0 Å². The quantitative estimate of drug-likeness (QED) is 0.249. The van der Waals surface area contributed by atoms with Gasteiger partial charge in [-0.15, -0.1) is 0 Å². The molecule has 1 unspecified atom stereocenters. The molecular formula is C25H24BF3N6O3S2. The molecule has 2 N–H and O–H groups in total. The third kappa shape index (κ3) is 4.78. The molecule has 2 aliphatic carbocycles. The first kappa shape index (κ1) is 26.9. The van der Waals surface area contributed by atoms with Crippen LogP contribution in [0, 0.1) is 22.9 Å². The lowest BCUT2D eigenvalue weighted by atomic mass is 9.95. The Kier molecular flexibility index (Phi) is 6.48. The normalized spacial score (nSPS) is 19.1. The number of benzene rings is 1. The SMILES string of the molecule is [B]c1cc(F)cnc1N1CCN(C(=N)c2c(F)ccc(F)c2NS(=O)(=O)c2ccn(S(=O)C3CC3)c2)C2(CC2)C1. The van der Waals surface area contributed by atoms with Crippen LogP contribution in [0.1, 0.15) is 31.2 Å². The van der Waals surface area contributed by atoms with Gasteiger partial charge in [0.2, 0.25) is 0 Å². The minimum Gasteiger partial charge on any atom is -0.353 e. The maximum absolute atomic E-state index is 15.2. The summed E-state index contributed by atoms with van der Waals surface area (Å²) >= 11 is 0. The van der Waals surface area contributed by atoms with Crippen LogP contribution in [0.25, 0.3) is 0 Å². The third-order valence-electron chi connectivity index (χ3n) is 7.45. The molecule has 1 saturated heterocycles. The second kappa shape index (κ2) is 9.65. The van der Waals surface area contributed by atoms with Gasteiger partial charge in [-0.1, -0.05) is 5.46 Å². The lowest BCUT2D eigenvalue weighted by Gasteiger charge is -2.44. The molecule has 3 heterocycles. The number of aromatic nitrogens is 2. The zero-order valence-electron chi connectivity index (χ0n) is 21.1. The Bertz CT molecular complexity index is 1660. The van der Waals surface area contributed by atoms with Crippen molar-refractivity contribution in [3.63, 3.8) is 0 Å². The van der Waals surface area contributed by atoms with E-state index < -0.39 is 55.3 Å². The molecule has 3 aliphatic rings. The van der Waals surface area contributed by atoms with E-state index in [0.29, 0.717) is 31.7 Å². The maximum atomic E-state index is 15.2. The summed E-state index contributed by atoms with van der Waals surface area (Å²) in [5.74, 6) is -2.53. The van der Waals surface area contributed by atoms with Gasteiger partial charge in [-0.25, -0.2) is 30.8 Å². The van der Waals surface area contributed by atoms with Crippen LogP contribution in [-0.4, -0.2) is 70.6 Å². The fraction of sp³-hybridized carbons (Fsp3) is 0.360. The fourth-order valence-electron chi connectivity index (χ4n) is 5.07. The van der Waals surface area contributed by atoms with E-state index in [4.69, 9.17) is 13.3 Å². The van der Waals surface area contributed by atoms with Gasteiger partial charge >= 0.3 is 0 Å². The minimum absolute atomic E-state index is 0.0332. The molecule has 1 aromatic carbocycles. The molecule has 2 aromatic heterocycles. The summed E-state index contributed by atoms with van der Waals surface area (Å²) in [6.45, 7) is 0.897. The van der Waals surface area contributed by atoms with Gasteiger partial charge in [0.05, 0.1) is 28.2 Å². The van der Waals surface area contributed by atoms with Gasteiger partial charge in [-0.3, -0.25) is 14.1 Å². The standard InChI is InChI=1S/C25H24BF3N6O3S2/c26-18-11-15(27)12-31-24(18)33-9-10-35(25(14-33)6-7-25)23(30)21-19(28)3-4-20(29)22(21)32-40(37,38)17-5-8-34(13-17)39(36)16-1-2-16/h3-5,8,11-13,16,30,32H,1-2,6-7,9-10,14H2. The first-order chi connectivity index (χ1) is 19.0. The molecule has 1 atom stereocenters. The summed E-state index contributed by atoms with van der Waals surface area (Å²) in [5, 5.41) is 8.86. The molecule has 40 heavy (non-hydrogen) atoms. The van der Waals surface area contributed by atoms with E-state index >= 15 is 8.78 Å². The predicted octanol–water partition coefficient (Wildman–Crippen LogP) is 2.25. The molecule has 9 nitrogen and oxygen atoms in total. The average Bonchev–Trinajstić information content (AvgIpc) is 3.84. The molecular weight excluding hydrogens is 564 g/mol. The van der Waals surface area contributed by atoms with Crippen LogP contribution in [0.5, 0.6) is 0 Å². The maximum Gasteiger partial charge on any atom is 0.263 e. The van der Waals surface area contributed by atoms with Gasteiger partial charge in [0.15, 0.2) is 0 Å². The van der Waals surface area contributed by atoms with E-state index in [1.807, 2.05) is 4.90 Å². The molecule has 1 aliphatic heterocycles. The van der Waals surface area contributed by atoms with E-state index in [2.05, 4.69) is 9.71 Å². The van der Waals surface area contributed by atoms with Crippen molar-refractivity contribution in [3.05, 3.63) is 65.9 Å². The van der Waals surface area contributed by atoms with Crippen LogP contribution in [0.15, 0.2) is 47.8 Å². The van der Waals surface area contributed by atoms with Crippen molar-refractivity contribution in [2.24, 2.45) is 0 Å². The Hall–Kier alpha value is -3.33. The fourth-order valence-corrected chi connectivity index (χ4v) is 7.50. The number of nitrogens with zero attached hydrogens (tertiary/aromatic N) is 4. The summed E-state index contributed by atoms with van der Waals surface area (Å²) in [6, 6.07) is 4.06. The highest BCUT2D eigenvalue weighted by Crippen LogP contribution is 2.46. The lowest BCUT2D eigenvalue weighted by molar-refractivity contribution is 0.258. The van der Waals surface area contributed by atoms with Gasteiger partial charge in [0.1, 0.15) is 52.8 Å². The Balaban J connectivity index is 1.28. The van der Waals surface area contributed by atoms with Gasteiger partial charge in [-0.2, -0.15) is 0 Å². The number of hydrogen-bond donors (Lipinski definition) is 2. The van der Waals surface area contributed by atoms with Crippen LogP contribution < -0.4 is 15.1 Å². The zero-order valence-corrected chi connectivity index (χ0v) is 22.7. The van der Waals surface area contributed by atoms with Gasteiger partial charge < -0.3 is 9.80 Å². The number of rotatable bonds is 7. The summed E-state index contributed by atoms with van der Waals surface area (Å²) in [6.07, 6.45) is 6.49. The highest BCUT2D eigenvalue weighted by atomic mass is 32.2. The van der Waals surface area contributed by atoms with Crippen molar-refractivity contribution >= 4 is 51.7 Å². The second-order valence-corrected chi connectivity index (χ2v) is 13.6. The third-order valence-corrected chi connectivity index (χ3v) is 10.5. The molecule has 3 aromatic rings. The monoisotopic (exact) mass is 588 g/mol. The number of sulfonamides is 1. The number of pyridine rings is 1. The highest BCUT2D eigenvalue weighted by molar-refractivity contribution is 7.92. The average molecular weight is 588 g/mol. The summed E-state index contributed by atoms with van der Waals surface area (Å²) < 4.78 is 86.1. The summed E-state index contributed by atoms with van der Waals surface area (Å²) in [5.41, 5.74) is -1.62. The molecule has 15 heteroatoms. The van der Waals surface area contributed by atoms with Crippen molar-refractivity contribution in [3.8, 4) is 0 Å². The molecule has 2 radical (unpaired) electrons. The van der Waals surface area contributed by atoms with Crippen LogP contribution in [0.4, 0.5) is 24.7 Å². The molecule has 6 rings (SSSR count). The Morgan fingerprint density at radius 1 is 1.15 bits per heavy atom. The number of nitrogens with one attached hydrogen (secondary N) is 2. The van der Waals surface area contributed by atoms with E-state index in [1.165, 1.54) is 28.5 Å². The summed E-state index contributed by atoms with van der Waals surface area (Å²) in [7, 11) is 0.145. The van der Waals surface area contributed by atoms with E-state index in [1.54, 1.807) is 4.90 Å². The number of anilines is 2. The van der Waals surface area contributed by atoms with Gasteiger partial charge in [0.25, 0.3) is 10.0 Å². The molecule has 0 amide bonds. The molecule has 2 saturated carbocycles.